The maximum absolute atomic E-state index is 12.4. The lowest BCUT2D eigenvalue weighted by molar-refractivity contribution is -0.384. The number of carbonyl (C=O) groups excluding carboxylic acids is 1. The minimum atomic E-state index is -1.01. The number of benzene rings is 2. The number of nitrogens with zero attached hydrogens (tertiary/aromatic N) is 1. The van der Waals surface area contributed by atoms with Crippen molar-refractivity contribution in [1.29, 1.82) is 0 Å². The van der Waals surface area contributed by atoms with Gasteiger partial charge in [0.2, 0.25) is 6.29 Å². The van der Waals surface area contributed by atoms with Gasteiger partial charge in [0, 0.05) is 42.7 Å². The molecule has 1 aliphatic carbocycles. The van der Waals surface area contributed by atoms with Crippen LogP contribution in [0.5, 0.6) is 5.75 Å². The number of ether oxygens (including phenoxy) is 1. The first-order valence-corrected chi connectivity index (χ1v) is 8.24. The Morgan fingerprint density at radius 1 is 1.04 bits per heavy atom. The van der Waals surface area contributed by atoms with Crippen LogP contribution in [0.25, 0.3) is 0 Å². The highest BCUT2D eigenvalue weighted by Gasteiger charge is 2.47. The van der Waals surface area contributed by atoms with Crippen LogP contribution in [-0.4, -0.2) is 22.1 Å². The Balaban J connectivity index is 1.74. The maximum atomic E-state index is 12.4. The molecule has 25 heavy (non-hydrogen) atoms. The molecule has 6 nitrogen and oxygen atoms in total. The largest absolute Gasteiger partial charge is 0.465 e. The van der Waals surface area contributed by atoms with E-state index in [-0.39, 0.29) is 29.2 Å². The molecule has 6 heteroatoms. The van der Waals surface area contributed by atoms with Crippen LogP contribution in [0, 0.1) is 16.0 Å². The van der Waals surface area contributed by atoms with Gasteiger partial charge in [-0.25, -0.2) is 0 Å². The van der Waals surface area contributed by atoms with E-state index in [9.17, 15) is 20.0 Å². The second-order valence-corrected chi connectivity index (χ2v) is 6.63. The van der Waals surface area contributed by atoms with Gasteiger partial charge in [-0.15, -0.1) is 0 Å². The van der Waals surface area contributed by atoms with E-state index in [1.807, 2.05) is 18.2 Å². The maximum Gasteiger partial charge on any atom is 0.269 e. The molecule has 0 spiro atoms. The number of Topliss-reactive ketones (excluding diaryl/α,β-unsaturated/α-hetero) is 1. The molecule has 1 aliphatic heterocycles. The van der Waals surface area contributed by atoms with Gasteiger partial charge in [0.1, 0.15) is 11.5 Å². The summed E-state index contributed by atoms with van der Waals surface area (Å²) in [5, 5.41) is 21.4. The molecule has 1 N–H and O–H groups in total. The Morgan fingerprint density at radius 3 is 2.44 bits per heavy atom. The van der Waals surface area contributed by atoms with Gasteiger partial charge in [-0.2, -0.15) is 0 Å². The van der Waals surface area contributed by atoms with Crippen LogP contribution in [-0.2, 0) is 4.79 Å². The average molecular weight is 339 g/mol. The number of para-hydroxylation sites is 1. The highest BCUT2D eigenvalue weighted by molar-refractivity contribution is 5.82. The minimum absolute atomic E-state index is 0.00762. The second kappa shape index (κ2) is 5.97. The van der Waals surface area contributed by atoms with Crippen molar-refractivity contribution in [1.82, 2.24) is 0 Å². The van der Waals surface area contributed by atoms with Gasteiger partial charge in [0.15, 0.2) is 0 Å². The zero-order chi connectivity index (χ0) is 17.6. The summed E-state index contributed by atoms with van der Waals surface area (Å²) in [6.07, 6.45) is -0.319. The SMILES string of the molecule is O=C1C[C@H](c2ccc([N+](=O)[O-])cc2)[C@H]2[C@@H](O)Oc3ccccc3[C@@H]2C1. The van der Waals surface area contributed by atoms with Gasteiger partial charge in [0.05, 0.1) is 4.92 Å². The monoisotopic (exact) mass is 339 g/mol. The van der Waals surface area contributed by atoms with Crippen molar-refractivity contribution < 1.29 is 19.6 Å². The number of carbonyl (C=O) groups is 1. The van der Waals surface area contributed by atoms with Crippen LogP contribution in [0.15, 0.2) is 48.5 Å². The van der Waals surface area contributed by atoms with E-state index in [0.29, 0.717) is 18.6 Å². The number of aliphatic hydroxyl groups excluding tert-OH is 1. The quantitative estimate of drug-likeness (QED) is 0.670. The van der Waals surface area contributed by atoms with Crippen molar-refractivity contribution in [2.24, 2.45) is 5.92 Å². The molecule has 128 valence electrons. The fraction of sp³-hybridized carbons (Fsp3) is 0.316. The summed E-state index contributed by atoms with van der Waals surface area (Å²) in [6.45, 7) is 0. The van der Waals surface area contributed by atoms with E-state index in [1.54, 1.807) is 18.2 Å². The summed E-state index contributed by atoms with van der Waals surface area (Å²) in [6, 6.07) is 13.7. The van der Waals surface area contributed by atoms with Crippen molar-refractivity contribution in [3.8, 4) is 5.75 Å². The normalized spacial score (nSPS) is 27.8. The molecule has 1 fully saturated rings. The predicted octanol–water partition coefficient (Wildman–Crippen LogP) is 3.15. The molecule has 0 aromatic heterocycles. The topological polar surface area (TPSA) is 89.7 Å². The Morgan fingerprint density at radius 2 is 1.72 bits per heavy atom. The molecule has 0 amide bonds. The third-order valence-corrected chi connectivity index (χ3v) is 5.25. The van der Waals surface area contributed by atoms with E-state index in [2.05, 4.69) is 0 Å². The lowest BCUT2D eigenvalue weighted by Gasteiger charge is -2.44. The number of non-ortho nitro benzene ring substituents is 1. The number of aliphatic hydroxyl groups is 1. The fourth-order valence-corrected chi connectivity index (χ4v) is 4.13. The van der Waals surface area contributed by atoms with Crippen LogP contribution >= 0.6 is 0 Å². The predicted molar refractivity (Wildman–Crippen MR) is 89.4 cm³/mol. The molecule has 4 rings (SSSR count). The lowest BCUT2D eigenvalue weighted by atomic mass is 9.65. The number of rotatable bonds is 2. The molecule has 4 atom stereocenters. The standard InChI is InChI=1S/C19H17NO5/c21-13-9-15(11-5-7-12(8-6-11)20(23)24)18-16(10-13)14-3-1-2-4-17(14)25-19(18)22/h1-8,15-16,18-19,22H,9-10H2/t15-,16+,18-,19+/m1/s1. The number of ketones is 1. The highest BCUT2D eigenvalue weighted by Crippen LogP contribution is 2.51. The fourth-order valence-electron chi connectivity index (χ4n) is 4.13. The zero-order valence-electron chi connectivity index (χ0n) is 13.4. The summed E-state index contributed by atoms with van der Waals surface area (Å²) < 4.78 is 5.69. The van der Waals surface area contributed by atoms with E-state index >= 15 is 0 Å². The first-order chi connectivity index (χ1) is 12.0. The summed E-state index contributed by atoms with van der Waals surface area (Å²) >= 11 is 0. The zero-order valence-corrected chi connectivity index (χ0v) is 13.4. The van der Waals surface area contributed by atoms with Gasteiger partial charge in [0.25, 0.3) is 5.69 Å². The third kappa shape index (κ3) is 2.68. The van der Waals surface area contributed by atoms with Crippen LogP contribution in [0.1, 0.15) is 35.8 Å². The van der Waals surface area contributed by atoms with Gasteiger partial charge in [-0.05, 0) is 17.2 Å². The van der Waals surface area contributed by atoms with Crippen LogP contribution in [0.2, 0.25) is 0 Å². The summed E-state index contributed by atoms with van der Waals surface area (Å²) in [5.74, 6) is 0.160. The molecular weight excluding hydrogens is 322 g/mol. The smallest absolute Gasteiger partial charge is 0.269 e. The van der Waals surface area contributed by atoms with Crippen molar-refractivity contribution in [2.45, 2.75) is 31.0 Å². The first-order valence-electron chi connectivity index (χ1n) is 8.24. The van der Waals surface area contributed by atoms with Gasteiger partial charge < -0.3 is 9.84 Å². The summed E-state index contributed by atoms with van der Waals surface area (Å²) in [5.41, 5.74) is 1.77. The van der Waals surface area contributed by atoms with Crippen LogP contribution < -0.4 is 4.74 Å². The molecule has 0 unspecified atom stereocenters. The van der Waals surface area contributed by atoms with E-state index in [0.717, 1.165) is 11.1 Å². The molecule has 1 heterocycles. The molecule has 2 aromatic carbocycles. The number of nitro benzene ring substituents is 1. The highest BCUT2D eigenvalue weighted by atomic mass is 16.6. The molecule has 0 radical (unpaired) electrons. The molecular formula is C19H17NO5. The van der Waals surface area contributed by atoms with Crippen molar-refractivity contribution in [3.63, 3.8) is 0 Å². The van der Waals surface area contributed by atoms with E-state index < -0.39 is 11.2 Å². The van der Waals surface area contributed by atoms with Crippen molar-refractivity contribution in [2.75, 3.05) is 0 Å². The Bertz CT molecular complexity index is 832. The third-order valence-electron chi connectivity index (χ3n) is 5.25. The van der Waals surface area contributed by atoms with E-state index in [1.165, 1.54) is 12.1 Å². The Labute approximate surface area is 144 Å². The lowest BCUT2D eigenvalue weighted by Crippen LogP contribution is -2.43. The summed E-state index contributed by atoms with van der Waals surface area (Å²) in [4.78, 5) is 22.8. The van der Waals surface area contributed by atoms with Crippen LogP contribution in [0.4, 0.5) is 5.69 Å². The van der Waals surface area contributed by atoms with Gasteiger partial charge >= 0.3 is 0 Å². The van der Waals surface area contributed by atoms with Crippen LogP contribution in [0.3, 0.4) is 0 Å². The molecule has 2 aromatic rings. The molecule has 2 aliphatic rings. The molecule has 0 saturated heterocycles. The summed E-state index contributed by atoms with van der Waals surface area (Å²) in [7, 11) is 0. The second-order valence-electron chi connectivity index (χ2n) is 6.63. The molecule has 0 bridgehead atoms. The number of nitro groups is 1. The van der Waals surface area contributed by atoms with Gasteiger partial charge in [-0.1, -0.05) is 30.3 Å². The number of hydrogen-bond acceptors (Lipinski definition) is 5. The van der Waals surface area contributed by atoms with Crippen molar-refractivity contribution >= 4 is 11.5 Å². The Hall–Kier alpha value is -2.73. The average Bonchev–Trinajstić information content (AvgIpc) is 2.61. The number of hydrogen-bond donors (Lipinski definition) is 1. The van der Waals surface area contributed by atoms with Gasteiger partial charge in [-0.3, -0.25) is 14.9 Å². The van der Waals surface area contributed by atoms with E-state index in [4.69, 9.17) is 4.74 Å². The molecule has 1 saturated carbocycles. The minimum Gasteiger partial charge on any atom is -0.465 e. The van der Waals surface area contributed by atoms with Crippen molar-refractivity contribution in [3.05, 3.63) is 69.8 Å². The first kappa shape index (κ1) is 15.8. The number of fused-ring (bicyclic) bond motifs is 3. The Kier molecular flexibility index (Phi) is 3.77.